The van der Waals surface area contributed by atoms with Crippen molar-refractivity contribution in [2.45, 2.75) is 245 Å². The lowest BCUT2D eigenvalue weighted by atomic mass is 10.1. The predicted octanol–water partition coefficient (Wildman–Crippen LogP) is 20.0. The van der Waals surface area contributed by atoms with Crippen LogP contribution in [0.3, 0.4) is 0 Å². The van der Waals surface area contributed by atoms with Gasteiger partial charge in [-0.15, -0.1) is 0 Å². The lowest BCUT2D eigenvalue weighted by Crippen LogP contribution is -2.30. The topological polar surface area (TPSA) is 78.9 Å². The van der Waals surface area contributed by atoms with E-state index >= 15 is 0 Å². The number of ether oxygens (including phenoxy) is 3. The van der Waals surface area contributed by atoms with Gasteiger partial charge >= 0.3 is 17.9 Å². The summed E-state index contributed by atoms with van der Waals surface area (Å²) in [7, 11) is 0. The Kier molecular flexibility index (Phi) is 56.0. The molecule has 0 aliphatic carbocycles. The average Bonchev–Trinajstić information content (AvgIpc) is 3.39. The van der Waals surface area contributed by atoms with Crippen molar-refractivity contribution in [1.82, 2.24) is 0 Å². The number of allylic oxidation sites excluding steroid dienone is 24. The molecule has 0 N–H and O–H groups in total. The summed E-state index contributed by atoms with van der Waals surface area (Å²) in [5.41, 5.74) is 0. The minimum atomic E-state index is -0.846. The molecule has 0 saturated heterocycles. The van der Waals surface area contributed by atoms with Crippen LogP contribution in [-0.4, -0.2) is 37.2 Å². The highest BCUT2D eigenvalue weighted by molar-refractivity contribution is 5.71. The van der Waals surface area contributed by atoms with Gasteiger partial charge in [-0.3, -0.25) is 14.4 Å². The van der Waals surface area contributed by atoms with Crippen molar-refractivity contribution in [1.29, 1.82) is 0 Å². The summed E-state index contributed by atoms with van der Waals surface area (Å²) < 4.78 is 16.8. The van der Waals surface area contributed by atoms with Crippen LogP contribution in [0, 0.1) is 0 Å². The molecule has 0 heterocycles. The van der Waals surface area contributed by atoms with Crippen molar-refractivity contribution >= 4 is 17.9 Å². The summed E-state index contributed by atoms with van der Waals surface area (Å²) in [6, 6.07) is 0. The van der Waals surface area contributed by atoms with E-state index < -0.39 is 6.10 Å². The van der Waals surface area contributed by atoms with Gasteiger partial charge in [-0.1, -0.05) is 237 Å². The van der Waals surface area contributed by atoms with Gasteiger partial charge in [0.25, 0.3) is 0 Å². The molecule has 0 aromatic heterocycles. The third-order valence-corrected chi connectivity index (χ3v) is 11.8. The molecule has 410 valence electrons. The van der Waals surface area contributed by atoms with E-state index in [4.69, 9.17) is 14.2 Å². The van der Waals surface area contributed by atoms with Gasteiger partial charge in [0.1, 0.15) is 13.2 Å². The highest BCUT2D eigenvalue weighted by Gasteiger charge is 2.19. The molecule has 6 heteroatoms. The molecule has 0 spiro atoms. The van der Waals surface area contributed by atoms with Crippen LogP contribution in [0.5, 0.6) is 0 Å². The van der Waals surface area contributed by atoms with Crippen LogP contribution < -0.4 is 0 Å². The van der Waals surface area contributed by atoms with Crippen LogP contribution in [0.1, 0.15) is 239 Å². The fourth-order valence-corrected chi connectivity index (χ4v) is 7.43. The molecule has 0 aromatic carbocycles. The number of rotatable bonds is 51. The highest BCUT2D eigenvalue weighted by Crippen LogP contribution is 2.13. The van der Waals surface area contributed by atoms with E-state index in [-0.39, 0.29) is 44.0 Å². The molecule has 6 nitrogen and oxygen atoms in total. The van der Waals surface area contributed by atoms with Gasteiger partial charge in [-0.25, -0.2) is 0 Å². The maximum atomic E-state index is 12.8. The standard InChI is InChI=1S/C67H106O6/c1-4-7-10-13-16-19-22-25-28-31-33-36-38-41-44-47-50-53-56-59-65(68)71-62-64(73-67(70)61-58-55-52-49-46-43-40-35-30-27-24-21-18-15-12-9-6-3)63-72-66(69)60-57-54-51-48-45-42-39-37-34-32-29-26-23-20-17-14-11-8-5-2/h7,10,16-21,25-30,33,36,40-41,43-44,49-50,52-53,64H,4-6,8-9,11-15,22-24,31-32,34-35,37-39,42,45-48,51,54-63H2,1-3H3/b10-7-,19-16-,20-17-,21-18-,28-25-,29-26-,30-27-,36-33-,43-40-,44-41-,52-49-,53-50-/t64-/m1/s1. The van der Waals surface area contributed by atoms with Crippen LogP contribution in [0.2, 0.25) is 0 Å². The Morgan fingerprint density at radius 3 is 0.959 bits per heavy atom. The van der Waals surface area contributed by atoms with Gasteiger partial charge < -0.3 is 14.2 Å². The number of carbonyl (C=O) groups excluding carboxylic acids is 3. The smallest absolute Gasteiger partial charge is 0.306 e. The summed E-state index contributed by atoms with van der Waals surface area (Å²) in [5.74, 6) is -1.08. The molecule has 0 aliphatic rings. The van der Waals surface area contributed by atoms with Crippen molar-refractivity contribution in [3.8, 4) is 0 Å². The quantitative estimate of drug-likeness (QED) is 0.0261. The molecular formula is C67H106O6. The molecule has 0 saturated carbocycles. The van der Waals surface area contributed by atoms with E-state index in [2.05, 4.69) is 154 Å². The Morgan fingerprint density at radius 2 is 0.575 bits per heavy atom. The van der Waals surface area contributed by atoms with Gasteiger partial charge in [-0.2, -0.15) is 0 Å². The second-order valence-electron chi connectivity index (χ2n) is 18.8. The summed E-state index contributed by atoms with van der Waals surface area (Å²) >= 11 is 0. The molecule has 0 radical (unpaired) electrons. The van der Waals surface area contributed by atoms with E-state index in [9.17, 15) is 14.4 Å². The predicted molar refractivity (Wildman–Crippen MR) is 315 cm³/mol. The zero-order valence-corrected chi connectivity index (χ0v) is 46.8. The summed E-state index contributed by atoms with van der Waals surface area (Å²) in [4.78, 5) is 38.2. The van der Waals surface area contributed by atoms with Gasteiger partial charge in [0.2, 0.25) is 0 Å². The van der Waals surface area contributed by atoms with E-state index in [1.807, 2.05) is 12.2 Å². The van der Waals surface area contributed by atoms with Crippen molar-refractivity contribution in [2.75, 3.05) is 13.2 Å². The summed E-state index contributed by atoms with van der Waals surface area (Å²) in [6.45, 7) is 6.35. The molecular weight excluding hydrogens is 901 g/mol. The Balaban J connectivity index is 4.60. The Morgan fingerprint density at radius 1 is 0.288 bits per heavy atom. The Hall–Kier alpha value is -4.71. The molecule has 0 rings (SSSR count). The number of unbranched alkanes of at least 4 members (excludes halogenated alkanes) is 16. The Bertz CT molecular complexity index is 1630. The first kappa shape index (κ1) is 68.3. The van der Waals surface area contributed by atoms with Gasteiger partial charge in [0.05, 0.1) is 0 Å². The average molecular weight is 1010 g/mol. The maximum Gasteiger partial charge on any atom is 0.306 e. The third-order valence-electron chi connectivity index (χ3n) is 11.8. The van der Waals surface area contributed by atoms with Crippen LogP contribution in [0.25, 0.3) is 0 Å². The summed E-state index contributed by atoms with van der Waals surface area (Å²) in [5, 5.41) is 0. The fraction of sp³-hybridized carbons (Fsp3) is 0.597. The van der Waals surface area contributed by atoms with Crippen LogP contribution in [-0.2, 0) is 28.6 Å². The van der Waals surface area contributed by atoms with Crippen molar-refractivity contribution in [2.24, 2.45) is 0 Å². The number of esters is 3. The second-order valence-corrected chi connectivity index (χ2v) is 18.8. The first-order valence-electron chi connectivity index (χ1n) is 29.3. The maximum absolute atomic E-state index is 12.8. The summed E-state index contributed by atoms with van der Waals surface area (Å²) in [6.07, 6.45) is 85.7. The highest BCUT2D eigenvalue weighted by atomic mass is 16.6. The number of hydrogen-bond donors (Lipinski definition) is 0. The van der Waals surface area contributed by atoms with Crippen LogP contribution in [0.15, 0.2) is 146 Å². The van der Waals surface area contributed by atoms with Gasteiger partial charge in [-0.05, 0) is 128 Å². The van der Waals surface area contributed by atoms with Crippen molar-refractivity contribution in [3.05, 3.63) is 146 Å². The molecule has 0 amide bonds. The van der Waals surface area contributed by atoms with E-state index in [0.29, 0.717) is 19.3 Å². The second kappa shape index (κ2) is 59.8. The monoisotopic (exact) mass is 1010 g/mol. The normalized spacial score (nSPS) is 13.2. The van der Waals surface area contributed by atoms with Crippen LogP contribution in [0.4, 0.5) is 0 Å². The zero-order valence-electron chi connectivity index (χ0n) is 46.8. The minimum Gasteiger partial charge on any atom is -0.462 e. The largest absolute Gasteiger partial charge is 0.462 e. The third kappa shape index (κ3) is 58.1. The molecule has 0 aromatic rings. The lowest BCUT2D eigenvalue weighted by Gasteiger charge is -2.18. The zero-order chi connectivity index (χ0) is 52.9. The molecule has 0 unspecified atom stereocenters. The first-order valence-corrected chi connectivity index (χ1v) is 29.3. The van der Waals surface area contributed by atoms with Gasteiger partial charge in [0.15, 0.2) is 6.10 Å². The van der Waals surface area contributed by atoms with Crippen molar-refractivity contribution < 1.29 is 28.6 Å². The first-order chi connectivity index (χ1) is 36.0. The molecule has 0 aliphatic heterocycles. The number of hydrogen-bond acceptors (Lipinski definition) is 6. The molecule has 0 bridgehead atoms. The van der Waals surface area contributed by atoms with E-state index in [1.165, 1.54) is 96.3 Å². The minimum absolute atomic E-state index is 0.131. The lowest BCUT2D eigenvalue weighted by molar-refractivity contribution is -0.166. The van der Waals surface area contributed by atoms with Crippen LogP contribution >= 0.6 is 0 Å². The van der Waals surface area contributed by atoms with E-state index in [1.54, 1.807) is 0 Å². The number of carbonyl (C=O) groups is 3. The Labute approximate surface area is 448 Å². The molecule has 1 atom stereocenters. The fourth-order valence-electron chi connectivity index (χ4n) is 7.43. The van der Waals surface area contributed by atoms with Gasteiger partial charge in [0, 0.05) is 19.3 Å². The molecule has 73 heavy (non-hydrogen) atoms. The van der Waals surface area contributed by atoms with E-state index in [0.717, 1.165) is 89.9 Å². The van der Waals surface area contributed by atoms with Crippen molar-refractivity contribution in [3.63, 3.8) is 0 Å². The SMILES string of the molecule is CC/C=C\C/C=C\C/C=C\C/C=C\C/C=C\C/C=C\CCC(=O)OC[C@H](COC(=O)CCCCCCCCCCC/C=C\C/C=C\CCCCC)OC(=O)CCC/C=C\C/C=C\C/C=C\C/C=C\CCCCC. The molecule has 0 fully saturated rings.